The number of para-hydroxylation sites is 1. The third-order valence-corrected chi connectivity index (χ3v) is 5.92. The van der Waals surface area contributed by atoms with Gasteiger partial charge in [0.1, 0.15) is 5.65 Å². The summed E-state index contributed by atoms with van der Waals surface area (Å²) in [5.41, 5.74) is 3.02. The summed E-state index contributed by atoms with van der Waals surface area (Å²) in [6.07, 6.45) is 3.86. The summed E-state index contributed by atoms with van der Waals surface area (Å²) in [6.45, 7) is 0. The molecule has 8 heteroatoms. The molecule has 5 nitrogen and oxygen atoms in total. The second kappa shape index (κ2) is 5.47. The van der Waals surface area contributed by atoms with Gasteiger partial charge in [0, 0.05) is 18.1 Å². The Kier molecular flexibility index (Phi) is 3.26. The lowest BCUT2D eigenvalue weighted by Crippen LogP contribution is -1.87. The first-order valence-electron chi connectivity index (χ1n) is 7.26. The van der Waals surface area contributed by atoms with Crippen molar-refractivity contribution in [1.29, 1.82) is 0 Å². The molecule has 0 aliphatic heterocycles. The first-order valence-corrected chi connectivity index (χ1v) is 9.44. The molecule has 0 unspecified atom stereocenters. The molecule has 0 N–H and O–H groups in total. The highest BCUT2D eigenvalue weighted by molar-refractivity contribution is 7.98. The summed E-state index contributed by atoms with van der Waals surface area (Å²) < 4.78 is 5.27. The Morgan fingerprint density at radius 1 is 1.08 bits per heavy atom. The molecule has 0 spiro atoms. The van der Waals surface area contributed by atoms with Crippen LogP contribution in [0.5, 0.6) is 0 Å². The summed E-state index contributed by atoms with van der Waals surface area (Å²) in [5.74, 6) is 0.726. The SMILES string of the molecule is Clc1ccc2nc(CSc3nnc4sc5ccccc5n34)cn2c1. The lowest BCUT2D eigenvalue weighted by Gasteiger charge is -1.97. The summed E-state index contributed by atoms with van der Waals surface area (Å²) in [5, 5.41) is 10.2. The molecule has 4 aromatic heterocycles. The monoisotopic (exact) mass is 371 g/mol. The average Bonchev–Trinajstić information content (AvgIpc) is 3.25. The maximum Gasteiger partial charge on any atom is 0.217 e. The van der Waals surface area contributed by atoms with Crippen LogP contribution in [-0.4, -0.2) is 24.0 Å². The van der Waals surface area contributed by atoms with E-state index in [1.165, 1.54) is 4.70 Å². The van der Waals surface area contributed by atoms with Crippen LogP contribution in [0.25, 0.3) is 20.8 Å². The van der Waals surface area contributed by atoms with Gasteiger partial charge in [0.05, 0.1) is 20.9 Å². The molecule has 4 heterocycles. The van der Waals surface area contributed by atoms with Gasteiger partial charge in [-0.15, -0.1) is 10.2 Å². The predicted octanol–water partition coefficient (Wildman–Crippen LogP) is 4.54. The van der Waals surface area contributed by atoms with Crippen molar-refractivity contribution >= 4 is 55.5 Å². The van der Waals surface area contributed by atoms with Crippen LogP contribution in [0.4, 0.5) is 0 Å². The molecule has 1 aromatic carbocycles. The molecular weight excluding hydrogens is 362 g/mol. The fourth-order valence-corrected chi connectivity index (χ4v) is 4.69. The van der Waals surface area contributed by atoms with Crippen LogP contribution in [0.1, 0.15) is 5.69 Å². The number of pyridine rings is 1. The normalized spacial score (nSPS) is 11.9. The number of imidazole rings is 1. The van der Waals surface area contributed by atoms with Gasteiger partial charge in [-0.2, -0.15) is 0 Å². The van der Waals surface area contributed by atoms with E-state index in [2.05, 4.69) is 31.7 Å². The van der Waals surface area contributed by atoms with Crippen molar-refractivity contribution in [2.75, 3.05) is 0 Å². The quantitative estimate of drug-likeness (QED) is 0.437. The zero-order chi connectivity index (χ0) is 16.1. The van der Waals surface area contributed by atoms with E-state index < -0.39 is 0 Å². The van der Waals surface area contributed by atoms with Gasteiger partial charge in [0.25, 0.3) is 0 Å². The molecule has 0 amide bonds. The molecule has 0 saturated carbocycles. The van der Waals surface area contributed by atoms with E-state index in [4.69, 9.17) is 11.6 Å². The van der Waals surface area contributed by atoms with E-state index in [0.717, 1.165) is 32.7 Å². The second-order valence-corrected chi connectivity index (χ2v) is 7.69. The van der Waals surface area contributed by atoms with Gasteiger partial charge < -0.3 is 4.40 Å². The number of halogens is 1. The predicted molar refractivity (Wildman–Crippen MR) is 98.1 cm³/mol. The third-order valence-electron chi connectivity index (χ3n) is 3.73. The molecule has 0 aliphatic carbocycles. The second-order valence-electron chi connectivity index (χ2n) is 5.30. The van der Waals surface area contributed by atoms with Crippen molar-refractivity contribution < 1.29 is 0 Å². The highest BCUT2D eigenvalue weighted by Crippen LogP contribution is 2.30. The van der Waals surface area contributed by atoms with Crippen LogP contribution in [0.2, 0.25) is 5.02 Å². The summed E-state index contributed by atoms with van der Waals surface area (Å²) >= 11 is 9.31. The van der Waals surface area contributed by atoms with Crippen molar-refractivity contribution in [2.45, 2.75) is 10.9 Å². The largest absolute Gasteiger partial charge is 0.305 e. The standard InChI is InChI=1S/C16H10ClN5S2/c17-10-5-6-14-18-11(8-21(14)7-10)9-23-15-19-20-16-22(15)12-3-1-2-4-13(12)24-16/h1-8H,9H2. The molecule has 0 saturated heterocycles. The van der Waals surface area contributed by atoms with Crippen LogP contribution in [-0.2, 0) is 5.75 Å². The third kappa shape index (κ3) is 2.28. The number of aromatic nitrogens is 5. The number of rotatable bonds is 3. The fraction of sp³-hybridized carbons (Fsp3) is 0.0625. The zero-order valence-electron chi connectivity index (χ0n) is 12.3. The van der Waals surface area contributed by atoms with Gasteiger partial charge in [0.2, 0.25) is 4.96 Å². The minimum absolute atomic E-state index is 0.697. The van der Waals surface area contributed by atoms with Gasteiger partial charge in [-0.1, -0.05) is 46.8 Å². The molecule has 5 aromatic rings. The minimum atomic E-state index is 0.697. The fourth-order valence-electron chi connectivity index (χ4n) is 2.67. The van der Waals surface area contributed by atoms with Crippen molar-refractivity contribution in [3.63, 3.8) is 0 Å². The van der Waals surface area contributed by atoms with Crippen LogP contribution < -0.4 is 0 Å². The summed E-state index contributed by atoms with van der Waals surface area (Å²) in [6, 6.07) is 12.0. The maximum atomic E-state index is 6.02. The Balaban J connectivity index is 1.49. The average molecular weight is 372 g/mol. The van der Waals surface area contributed by atoms with Crippen molar-refractivity contribution in [1.82, 2.24) is 24.0 Å². The van der Waals surface area contributed by atoms with Gasteiger partial charge in [-0.3, -0.25) is 4.40 Å². The van der Waals surface area contributed by atoms with Crippen LogP contribution in [0.15, 0.2) is 53.9 Å². The number of fused-ring (bicyclic) bond motifs is 4. The zero-order valence-corrected chi connectivity index (χ0v) is 14.6. The molecule has 0 bridgehead atoms. The van der Waals surface area contributed by atoms with Crippen LogP contribution in [0.3, 0.4) is 0 Å². The molecule has 24 heavy (non-hydrogen) atoms. The number of hydrogen-bond donors (Lipinski definition) is 0. The van der Waals surface area contributed by atoms with Gasteiger partial charge >= 0.3 is 0 Å². The van der Waals surface area contributed by atoms with Crippen molar-refractivity contribution in [3.8, 4) is 0 Å². The topological polar surface area (TPSA) is 47.5 Å². The number of thioether (sulfide) groups is 1. The molecule has 0 fully saturated rings. The van der Waals surface area contributed by atoms with E-state index in [9.17, 15) is 0 Å². The first kappa shape index (κ1) is 14.3. The van der Waals surface area contributed by atoms with Gasteiger partial charge in [0.15, 0.2) is 5.16 Å². The Morgan fingerprint density at radius 2 is 2.00 bits per heavy atom. The van der Waals surface area contributed by atoms with Gasteiger partial charge in [-0.05, 0) is 24.3 Å². The maximum absolute atomic E-state index is 6.02. The van der Waals surface area contributed by atoms with E-state index in [1.54, 1.807) is 23.1 Å². The highest BCUT2D eigenvalue weighted by atomic mass is 35.5. The lowest BCUT2D eigenvalue weighted by atomic mass is 10.3. The molecule has 5 rings (SSSR count). The van der Waals surface area contributed by atoms with E-state index in [1.807, 2.05) is 41.1 Å². The van der Waals surface area contributed by atoms with Crippen LogP contribution >= 0.6 is 34.7 Å². The Hall–Kier alpha value is -2.09. The lowest BCUT2D eigenvalue weighted by molar-refractivity contribution is 0.939. The molecule has 0 radical (unpaired) electrons. The number of thiazole rings is 1. The smallest absolute Gasteiger partial charge is 0.217 e. The Bertz CT molecular complexity index is 1190. The number of nitrogens with zero attached hydrogens (tertiary/aromatic N) is 5. The highest BCUT2D eigenvalue weighted by Gasteiger charge is 2.13. The van der Waals surface area contributed by atoms with E-state index >= 15 is 0 Å². The van der Waals surface area contributed by atoms with E-state index in [-0.39, 0.29) is 0 Å². The van der Waals surface area contributed by atoms with Crippen LogP contribution in [0, 0.1) is 0 Å². The molecule has 118 valence electrons. The molecule has 0 atom stereocenters. The minimum Gasteiger partial charge on any atom is -0.305 e. The summed E-state index contributed by atoms with van der Waals surface area (Å²) in [4.78, 5) is 5.53. The van der Waals surface area contributed by atoms with Crippen molar-refractivity contribution in [2.24, 2.45) is 0 Å². The molecular formula is C16H10ClN5S2. The number of benzene rings is 1. The van der Waals surface area contributed by atoms with Crippen molar-refractivity contribution in [3.05, 3.63) is 59.5 Å². The molecule has 0 aliphatic rings. The Labute approximate surface area is 149 Å². The van der Waals surface area contributed by atoms with Gasteiger partial charge in [-0.25, -0.2) is 4.98 Å². The Morgan fingerprint density at radius 3 is 2.96 bits per heavy atom. The summed E-state index contributed by atoms with van der Waals surface area (Å²) in [7, 11) is 0. The number of hydrogen-bond acceptors (Lipinski definition) is 5. The van der Waals surface area contributed by atoms with E-state index in [0.29, 0.717) is 5.02 Å². The first-order chi connectivity index (χ1) is 11.8.